The molecule has 0 saturated heterocycles. The van der Waals surface area contributed by atoms with E-state index >= 15 is 0 Å². The maximum atomic E-state index is 4.82. The van der Waals surface area contributed by atoms with Crippen molar-refractivity contribution in [1.82, 2.24) is 0 Å². The van der Waals surface area contributed by atoms with Crippen molar-refractivity contribution in [3.05, 3.63) is 48.6 Å². The summed E-state index contributed by atoms with van der Waals surface area (Å²) in [7, 11) is 0. The van der Waals surface area contributed by atoms with E-state index in [0.29, 0.717) is 0 Å². The molecule has 1 nitrogen and oxygen atoms in total. The van der Waals surface area contributed by atoms with E-state index < -0.39 is 0 Å². The Morgan fingerprint density at radius 1 is 1.13 bits per heavy atom. The summed E-state index contributed by atoms with van der Waals surface area (Å²) in [5, 5.41) is 0. The average molecular weight is 266 g/mol. The van der Waals surface area contributed by atoms with Crippen LogP contribution in [0.25, 0.3) is 0 Å². The normalized spacial score (nSPS) is 13.4. The van der Waals surface area contributed by atoms with Crippen LogP contribution in [-0.4, -0.2) is 32.2 Å². The molecule has 0 aromatic rings. The van der Waals surface area contributed by atoms with Crippen molar-refractivity contribution in [1.29, 1.82) is 0 Å². The standard InChI is InChI=1S/2C5H5.CH3.2Al.O.Ti.3H/c2*1-2-4-5-3-1;;;;;;;;/h2*1-3H,4H2;1H3;;;;;;;/q2*-1;;;;;+2;;;. The summed E-state index contributed by atoms with van der Waals surface area (Å²) in [4.78, 5) is 0. The van der Waals surface area contributed by atoms with Crippen LogP contribution in [-0.2, 0) is 24.6 Å². The summed E-state index contributed by atoms with van der Waals surface area (Å²) in [5.74, 6) is 2.13. The van der Waals surface area contributed by atoms with E-state index in [9.17, 15) is 0 Å². The SMILES string of the molecule is [C-]1=CC=CC1.[C-]1=CC=CC1.[CH3][AlH][O][AlH2].[Ti+2]. The van der Waals surface area contributed by atoms with Crippen LogP contribution in [0.2, 0.25) is 5.79 Å². The van der Waals surface area contributed by atoms with Gasteiger partial charge in [0.2, 0.25) is 0 Å². The summed E-state index contributed by atoms with van der Waals surface area (Å²) in [6, 6.07) is 0. The largest absolute Gasteiger partial charge is 2.00 e. The van der Waals surface area contributed by atoms with Gasteiger partial charge in [-0.15, -0.1) is 12.8 Å². The van der Waals surface area contributed by atoms with E-state index in [2.05, 4.69) is 30.1 Å². The smallest absolute Gasteiger partial charge is 0.645 e. The quantitative estimate of drug-likeness (QED) is 0.517. The Morgan fingerprint density at radius 2 is 1.53 bits per heavy atom. The van der Waals surface area contributed by atoms with Crippen LogP contribution in [0.5, 0.6) is 0 Å². The Bertz CT molecular complexity index is 179. The molecule has 2 aliphatic carbocycles. The van der Waals surface area contributed by atoms with Gasteiger partial charge >= 0.3 is 53.9 Å². The Kier molecular flexibility index (Phi) is 20.6. The van der Waals surface area contributed by atoms with Gasteiger partial charge in [-0.2, -0.15) is 12.2 Å². The van der Waals surface area contributed by atoms with Gasteiger partial charge in [0.1, 0.15) is 0 Å². The van der Waals surface area contributed by atoms with Crippen LogP contribution in [0.3, 0.4) is 0 Å². The number of hydrogen-bond donors (Lipinski definition) is 0. The fraction of sp³-hybridized carbons (Fsp3) is 0.273. The molecule has 0 radical (unpaired) electrons. The fourth-order valence-electron chi connectivity index (χ4n) is 0.680. The molecule has 0 bridgehead atoms. The van der Waals surface area contributed by atoms with Gasteiger partial charge in [0.05, 0.1) is 0 Å². The van der Waals surface area contributed by atoms with Gasteiger partial charge < -0.3 is 2.84 Å². The van der Waals surface area contributed by atoms with Gasteiger partial charge in [0, 0.05) is 0 Å². The van der Waals surface area contributed by atoms with Crippen LogP contribution < -0.4 is 0 Å². The van der Waals surface area contributed by atoms with E-state index in [-0.39, 0.29) is 37.3 Å². The van der Waals surface area contributed by atoms with Crippen molar-refractivity contribution < 1.29 is 24.6 Å². The zero-order chi connectivity index (χ0) is 10.5. The first-order valence-electron chi connectivity index (χ1n) is 4.84. The van der Waals surface area contributed by atoms with E-state index in [4.69, 9.17) is 2.84 Å². The molecule has 2 rings (SSSR count). The molecule has 15 heavy (non-hydrogen) atoms. The van der Waals surface area contributed by atoms with Gasteiger partial charge in [0.25, 0.3) is 0 Å². The predicted molar refractivity (Wildman–Crippen MR) is 65.8 cm³/mol. The van der Waals surface area contributed by atoms with Crippen LogP contribution in [0, 0.1) is 12.2 Å². The molecular weight excluding hydrogens is 250 g/mol. The van der Waals surface area contributed by atoms with Crippen molar-refractivity contribution >= 4 is 32.2 Å². The van der Waals surface area contributed by atoms with E-state index in [0.717, 1.165) is 29.5 Å². The van der Waals surface area contributed by atoms with Crippen molar-refractivity contribution in [2.24, 2.45) is 0 Å². The second-order valence-corrected chi connectivity index (χ2v) is 5.47. The number of allylic oxidation sites excluding steroid dienone is 8. The molecule has 0 saturated carbocycles. The van der Waals surface area contributed by atoms with Crippen molar-refractivity contribution in [2.45, 2.75) is 18.6 Å². The van der Waals surface area contributed by atoms with E-state index in [1.165, 1.54) is 0 Å². The zero-order valence-electron chi connectivity index (χ0n) is 9.49. The molecule has 2 aliphatic rings. The molecule has 0 aromatic heterocycles. The van der Waals surface area contributed by atoms with Crippen LogP contribution in [0.4, 0.5) is 0 Å². The van der Waals surface area contributed by atoms with Crippen LogP contribution in [0.15, 0.2) is 36.5 Å². The Balaban J connectivity index is 0. The zero-order valence-corrected chi connectivity index (χ0v) is 14.5. The van der Waals surface area contributed by atoms with Gasteiger partial charge in [-0.25, -0.2) is 24.3 Å². The van der Waals surface area contributed by atoms with Crippen molar-refractivity contribution in [3.8, 4) is 0 Å². The first-order valence-corrected chi connectivity index (χ1v) is 7.65. The number of rotatable bonds is 1. The summed E-state index contributed by atoms with van der Waals surface area (Å²) in [5.41, 5.74) is 0. The summed E-state index contributed by atoms with van der Waals surface area (Å²) in [6.07, 6.45) is 20.0. The third-order valence-electron chi connectivity index (χ3n) is 1.46. The molecule has 0 N–H and O–H groups in total. The molecule has 0 aliphatic heterocycles. The molecule has 0 unspecified atom stereocenters. The topological polar surface area (TPSA) is 9.23 Å². The summed E-state index contributed by atoms with van der Waals surface area (Å²) >= 11 is 0.938. The van der Waals surface area contributed by atoms with Crippen LogP contribution >= 0.6 is 0 Å². The summed E-state index contributed by atoms with van der Waals surface area (Å²) < 4.78 is 4.82. The van der Waals surface area contributed by atoms with Crippen LogP contribution in [0.1, 0.15) is 12.8 Å². The summed E-state index contributed by atoms with van der Waals surface area (Å²) in [6.45, 7) is 0. The Hall–Kier alpha value is 0.699. The minimum atomic E-state index is -0.0139. The fourth-order valence-corrected chi connectivity index (χ4v) is 0.680. The Morgan fingerprint density at radius 3 is 1.60 bits per heavy atom. The van der Waals surface area contributed by atoms with Crippen molar-refractivity contribution in [2.75, 3.05) is 0 Å². The second-order valence-electron chi connectivity index (χ2n) is 2.58. The van der Waals surface area contributed by atoms with Gasteiger partial charge in [-0.1, -0.05) is 5.79 Å². The molecular formula is C11H16Al2OTi. The third-order valence-corrected chi connectivity index (χ3v) is 3.77. The van der Waals surface area contributed by atoms with E-state index in [1.54, 1.807) is 0 Å². The molecule has 0 fully saturated rings. The molecule has 76 valence electrons. The van der Waals surface area contributed by atoms with Gasteiger partial charge in [-0.3, -0.25) is 12.2 Å². The predicted octanol–water partition coefficient (Wildman–Crippen LogP) is 1.56. The maximum Gasteiger partial charge on any atom is 2.00 e. The monoisotopic (exact) mass is 266 g/mol. The molecule has 0 spiro atoms. The molecule has 4 heteroatoms. The molecule has 0 amide bonds. The van der Waals surface area contributed by atoms with E-state index in [1.807, 2.05) is 24.3 Å². The van der Waals surface area contributed by atoms with Gasteiger partial charge in [-0.05, 0) is 0 Å². The second kappa shape index (κ2) is 17.1. The minimum absolute atomic E-state index is 0. The minimum Gasteiger partial charge on any atom is -0.645 e. The molecule has 0 heterocycles. The Labute approximate surface area is 123 Å². The molecule has 0 aromatic carbocycles. The van der Waals surface area contributed by atoms with Crippen molar-refractivity contribution in [3.63, 3.8) is 0 Å². The first-order chi connectivity index (χ1) is 6.91. The third kappa shape index (κ3) is 17.3. The average Bonchev–Trinajstić information content (AvgIpc) is 2.94. The maximum absolute atomic E-state index is 4.82. The molecule has 0 atom stereocenters. The van der Waals surface area contributed by atoms with Gasteiger partial charge in [0.15, 0.2) is 0 Å². The first kappa shape index (κ1) is 18.1. The number of hydrogen-bond acceptors (Lipinski definition) is 1.